The van der Waals surface area contributed by atoms with E-state index in [0.29, 0.717) is 25.2 Å². The topological polar surface area (TPSA) is 74.3 Å². The summed E-state index contributed by atoms with van der Waals surface area (Å²) < 4.78 is 0. The molecule has 2 heterocycles. The van der Waals surface area contributed by atoms with Crippen LogP contribution >= 0.6 is 0 Å². The third-order valence-electron chi connectivity index (χ3n) is 4.14. The van der Waals surface area contributed by atoms with Crippen molar-refractivity contribution in [3.63, 3.8) is 0 Å². The van der Waals surface area contributed by atoms with Gasteiger partial charge in [-0.25, -0.2) is 0 Å². The van der Waals surface area contributed by atoms with Gasteiger partial charge in [0.2, 0.25) is 5.91 Å². The molecule has 1 aromatic heterocycles. The van der Waals surface area contributed by atoms with E-state index < -0.39 is 0 Å². The lowest BCUT2D eigenvalue weighted by Gasteiger charge is -2.32. The van der Waals surface area contributed by atoms with Gasteiger partial charge in [0.15, 0.2) is 0 Å². The molecule has 1 aromatic rings. The summed E-state index contributed by atoms with van der Waals surface area (Å²) in [5, 5.41) is 6.25. The monoisotopic (exact) mass is 318 g/mol. The summed E-state index contributed by atoms with van der Waals surface area (Å²) in [7, 11) is 0. The first-order valence-electron chi connectivity index (χ1n) is 8.32. The van der Waals surface area contributed by atoms with Crippen LogP contribution in [0.25, 0.3) is 0 Å². The zero-order valence-electron chi connectivity index (χ0n) is 13.9. The minimum atomic E-state index is -0.122. The van der Waals surface area contributed by atoms with Crippen LogP contribution in [0.4, 0.5) is 0 Å². The maximum Gasteiger partial charge on any atom is 0.253 e. The van der Waals surface area contributed by atoms with Crippen LogP contribution in [0.5, 0.6) is 0 Å². The molecule has 1 unspecified atom stereocenters. The lowest BCUT2D eigenvalue weighted by Crippen LogP contribution is -2.47. The van der Waals surface area contributed by atoms with Crippen LogP contribution in [-0.4, -0.2) is 53.9 Å². The summed E-state index contributed by atoms with van der Waals surface area (Å²) in [6.07, 6.45) is 4.92. The van der Waals surface area contributed by atoms with Gasteiger partial charge >= 0.3 is 0 Å². The highest BCUT2D eigenvalue weighted by Crippen LogP contribution is 2.18. The molecule has 1 aliphatic rings. The number of piperidine rings is 1. The Balaban J connectivity index is 1.87. The van der Waals surface area contributed by atoms with Crippen molar-refractivity contribution in [2.24, 2.45) is 5.92 Å². The molecule has 0 spiro atoms. The Morgan fingerprint density at radius 1 is 1.39 bits per heavy atom. The summed E-state index contributed by atoms with van der Waals surface area (Å²) >= 11 is 0. The van der Waals surface area contributed by atoms with Crippen LogP contribution in [-0.2, 0) is 4.79 Å². The minimum Gasteiger partial charge on any atom is -0.354 e. The molecule has 0 saturated carbocycles. The van der Waals surface area contributed by atoms with Gasteiger partial charge in [-0.05, 0) is 38.4 Å². The Bertz CT molecular complexity index is 521. The van der Waals surface area contributed by atoms with Crippen molar-refractivity contribution in [3.05, 3.63) is 30.1 Å². The van der Waals surface area contributed by atoms with Gasteiger partial charge in [-0.1, -0.05) is 6.92 Å². The molecule has 2 atom stereocenters. The van der Waals surface area contributed by atoms with Crippen molar-refractivity contribution >= 4 is 11.8 Å². The molecular weight excluding hydrogens is 292 g/mol. The van der Waals surface area contributed by atoms with Crippen LogP contribution in [0.1, 0.15) is 37.0 Å². The molecular formula is C17H26N4O2. The van der Waals surface area contributed by atoms with Gasteiger partial charge in [0.1, 0.15) is 0 Å². The Morgan fingerprint density at radius 3 is 2.83 bits per heavy atom. The maximum atomic E-state index is 12.5. The minimum absolute atomic E-state index is 0.0223. The van der Waals surface area contributed by atoms with Crippen LogP contribution in [0.15, 0.2) is 24.5 Å². The third kappa shape index (κ3) is 5.03. The van der Waals surface area contributed by atoms with Crippen molar-refractivity contribution in [1.82, 2.24) is 20.5 Å². The van der Waals surface area contributed by atoms with Gasteiger partial charge in [0.05, 0.1) is 5.92 Å². The number of carbonyl (C=O) groups excluding carboxylic acids is 2. The average molecular weight is 318 g/mol. The molecule has 0 bridgehead atoms. The lowest BCUT2D eigenvalue weighted by molar-refractivity contribution is -0.126. The second-order valence-electron chi connectivity index (χ2n) is 6.03. The van der Waals surface area contributed by atoms with Crippen LogP contribution in [0.3, 0.4) is 0 Å². The first-order chi connectivity index (χ1) is 11.1. The van der Waals surface area contributed by atoms with Crippen molar-refractivity contribution in [3.8, 4) is 0 Å². The first kappa shape index (κ1) is 17.4. The number of nitrogens with zero attached hydrogens (tertiary/aromatic N) is 2. The summed E-state index contributed by atoms with van der Waals surface area (Å²) in [6, 6.07) is 3.68. The maximum absolute atomic E-state index is 12.5. The fraction of sp³-hybridized carbons (Fsp3) is 0.588. The number of pyridine rings is 1. The fourth-order valence-corrected chi connectivity index (χ4v) is 2.87. The molecule has 0 aromatic carbocycles. The average Bonchev–Trinajstić information content (AvgIpc) is 2.60. The van der Waals surface area contributed by atoms with Gasteiger partial charge in [-0.15, -0.1) is 0 Å². The van der Waals surface area contributed by atoms with Gasteiger partial charge in [-0.2, -0.15) is 0 Å². The van der Waals surface area contributed by atoms with Crippen LogP contribution < -0.4 is 10.6 Å². The standard InChI is InChI=1S/C17H26N4O2/c1-3-19-13(2)11-20-16(22)15-5-4-10-21(12-15)17(23)14-6-8-18-9-7-14/h6-9,13,15,19H,3-5,10-12H2,1-2H3,(H,20,22)/t13-,15?/m1/s1. The number of aromatic nitrogens is 1. The number of hydrogen-bond donors (Lipinski definition) is 2. The van der Waals surface area contributed by atoms with E-state index >= 15 is 0 Å². The third-order valence-corrected chi connectivity index (χ3v) is 4.14. The van der Waals surface area contributed by atoms with Crippen molar-refractivity contribution < 1.29 is 9.59 Å². The van der Waals surface area contributed by atoms with Crippen molar-refractivity contribution in [2.45, 2.75) is 32.7 Å². The quantitative estimate of drug-likeness (QED) is 0.822. The first-order valence-corrected chi connectivity index (χ1v) is 8.32. The predicted octanol–water partition coefficient (Wildman–Crippen LogP) is 1.05. The van der Waals surface area contributed by atoms with E-state index in [0.717, 1.165) is 19.4 Å². The Morgan fingerprint density at radius 2 is 2.13 bits per heavy atom. The SMILES string of the molecule is CCN[C@H](C)CNC(=O)C1CCCN(C(=O)c2ccncc2)C1. The molecule has 2 rings (SSSR count). The van der Waals surface area contributed by atoms with E-state index in [4.69, 9.17) is 0 Å². The molecule has 23 heavy (non-hydrogen) atoms. The molecule has 1 aliphatic heterocycles. The number of likely N-dealkylation sites (N-methyl/N-ethyl adjacent to an activating group) is 1. The number of hydrogen-bond acceptors (Lipinski definition) is 4. The molecule has 1 fully saturated rings. The predicted molar refractivity (Wildman–Crippen MR) is 89.0 cm³/mol. The van der Waals surface area contributed by atoms with Crippen molar-refractivity contribution in [1.29, 1.82) is 0 Å². The smallest absolute Gasteiger partial charge is 0.253 e. The van der Waals surface area contributed by atoms with Crippen molar-refractivity contribution in [2.75, 3.05) is 26.2 Å². The number of amides is 2. The van der Waals surface area contributed by atoms with Gasteiger partial charge in [0, 0.05) is 43.6 Å². The van der Waals surface area contributed by atoms with Gasteiger partial charge < -0.3 is 15.5 Å². The molecule has 2 amide bonds. The van der Waals surface area contributed by atoms with E-state index in [1.165, 1.54) is 0 Å². The van der Waals surface area contributed by atoms with E-state index in [-0.39, 0.29) is 23.8 Å². The van der Waals surface area contributed by atoms with E-state index in [1.807, 2.05) is 13.8 Å². The highest BCUT2D eigenvalue weighted by Gasteiger charge is 2.28. The second kappa shape index (κ2) is 8.62. The fourth-order valence-electron chi connectivity index (χ4n) is 2.87. The van der Waals surface area contributed by atoms with E-state index in [9.17, 15) is 9.59 Å². The summed E-state index contributed by atoms with van der Waals surface area (Å²) in [4.78, 5) is 30.5. The number of nitrogens with one attached hydrogen (secondary N) is 2. The molecule has 1 saturated heterocycles. The highest BCUT2D eigenvalue weighted by atomic mass is 16.2. The zero-order valence-corrected chi connectivity index (χ0v) is 13.9. The molecule has 6 nitrogen and oxygen atoms in total. The number of likely N-dealkylation sites (tertiary alicyclic amines) is 1. The normalized spacial score (nSPS) is 19.2. The Kier molecular flexibility index (Phi) is 6.52. The zero-order chi connectivity index (χ0) is 16.7. The molecule has 0 radical (unpaired) electrons. The molecule has 6 heteroatoms. The van der Waals surface area contributed by atoms with Crippen LogP contribution in [0.2, 0.25) is 0 Å². The molecule has 126 valence electrons. The lowest BCUT2D eigenvalue weighted by atomic mass is 9.96. The Labute approximate surface area is 137 Å². The van der Waals surface area contributed by atoms with Gasteiger partial charge in [-0.3, -0.25) is 14.6 Å². The number of rotatable bonds is 6. The summed E-state index contributed by atoms with van der Waals surface area (Å²) in [5.74, 6) is -0.101. The van der Waals surface area contributed by atoms with Crippen LogP contribution in [0, 0.1) is 5.92 Å². The molecule has 0 aliphatic carbocycles. The largest absolute Gasteiger partial charge is 0.354 e. The highest BCUT2D eigenvalue weighted by molar-refractivity contribution is 5.94. The Hall–Kier alpha value is -1.95. The van der Waals surface area contributed by atoms with Gasteiger partial charge in [0.25, 0.3) is 5.91 Å². The molecule has 2 N–H and O–H groups in total. The number of carbonyl (C=O) groups is 2. The van der Waals surface area contributed by atoms with E-state index in [2.05, 4.69) is 15.6 Å². The summed E-state index contributed by atoms with van der Waals surface area (Å²) in [6.45, 7) is 6.78. The summed E-state index contributed by atoms with van der Waals surface area (Å²) in [5.41, 5.74) is 0.627. The van der Waals surface area contributed by atoms with E-state index in [1.54, 1.807) is 29.4 Å². The second-order valence-corrected chi connectivity index (χ2v) is 6.03.